The maximum absolute atomic E-state index is 14.0. The Hall–Kier alpha value is -2.49. The van der Waals surface area contributed by atoms with E-state index in [2.05, 4.69) is 5.32 Å². The lowest BCUT2D eigenvalue weighted by atomic mass is 10.1. The van der Waals surface area contributed by atoms with Gasteiger partial charge in [0.15, 0.2) is 0 Å². The predicted octanol–water partition coefficient (Wildman–Crippen LogP) is 6.44. The predicted molar refractivity (Wildman–Crippen MR) is 157 cm³/mol. The van der Waals surface area contributed by atoms with Crippen molar-refractivity contribution in [1.82, 2.24) is 10.2 Å². The van der Waals surface area contributed by atoms with E-state index in [1.165, 1.54) is 29.2 Å². The molecule has 0 radical (unpaired) electrons. The first kappa shape index (κ1) is 31.0. The Balaban J connectivity index is 2.10. The molecule has 0 saturated carbocycles. The molecule has 0 fully saturated rings. The monoisotopic (exact) mass is 629 g/mol. The molecule has 1 atom stereocenters. The zero-order valence-electron chi connectivity index (χ0n) is 21.2. The molecule has 1 N–H and O–H groups in total. The number of amides is 2. The number of hydrogen-bond acceptors (Lipinski definition) is 4. The summed E-state index contributed by atoms with van der Waals surface area (Å²) in [5, 5.41) is 3.46. The first-order valence-corrected chi connectivity index (χ1v) is 15.0. The molecule has 7 nitrogen and oxygen atoms in total. The number of carbonyl (C=O) groups is 2. The second-order valence-electron chi connectivity index (χ2n) is 8.49. The second-order valence-corrected chi connectivity index (χ2v) is 11.9. The fourth-order valence-corrected chi connectivity index (χ4v) is 6.18. The number of hydrogen-bond donors (Lipinski definition) is 1. The molecule has 39 heavy (non-hydrogen) atoms. The van der Waals surface area contributed by atoms with E-state index in [4.69, 9.17) is 46.4 Å². The average molecular weight is 631 g/mol. The van der Waals surface area contributed by atoms with Crippen LogP contribution in [0.3, 0.4) is 0 Å². The fraction of sp³-hybridized carbons (Fsp3) is 0.259. The normalized spacial score (nSPS) is 12.1. The highest BCUT2D eigenvalue weighted by Crippen LogP contribution is 2.35. The highest BCUT2D eigenvalue weighted by molar-refractivity contribution is 7.92. The number of anilines is 1. The number of benzene rings is 3. The van der Waals surface area contributed by atoms with Crippen molar-refractivity contribution in [3.05, 3.63) is 92.4 Å². The van der Waals surface area contributed by atoms with Crippen molar-refractivity contribution in [3.8, 4) is 0 Å². The van der Waals surface area contributed by atoms with Gasteiger partial charge in [-0.15, -0.1) is 0 Å². The molecule has 2 amide bonds. The van der Waals surface area contributed by atoms with Gasteiger partial charge in [0.25, 0.3) is 10.0 Å². The van der Waals surface area contributed by atoms with Crippen LogP contribution >= 0.6 is 46.4 Å². The van der Waals surface area contributed by atoms with Crippen molar-refractivity contribution < 1.29 is 18.0 Å². The standard InChI is InChI=1S/C27H27Cl4N3O4S/c1-3-23(27(36)32-4-2)33(16-18-13-14-20(28)22(30)15-18)25(35)17-34(24-12-8-11-21(29)26(24)31)39(37,38)19-9-6-5-7-10-19/h5-15,23H,3-4,16-17H2,1-2H3,(H,32,36)/t23-/m1/s1. The number of nitrogens with zero attached hydrogens (tertiary/aromatic N) is 2. The molecule has 0 bridgehead atoms. The lowest BCUT2D eigenvalue weighted by molar-refractivity contribution is -0.140. The van der Waals surface area contributed by atoms with Gasteiger partial charge in [-0.2, -0.15) is 0 Å². The molecule has 0 saturated heterocycles. The van der Waals surface area contributed by atoms with Crippen LogP contribution in [0.15, 0.2) is 71.6 Å². The van der Waals surface area contributed by atoms with Gasteiger partial charge in [0, 0.05) is 13.1 Å². The van der Waals surface area contributed by atoms with Gasteiger partial charge in [-0.05, 0) is 55.3 Å². The Kier molecular flexibility index (Phi) is 10.9. The van der Waals surface area contributed by atoms with Crippen molar-refractivity contribution in [2.24, 2.45) is 0 Å². The number of rotatable bonds is 11. The number of likely N-dealkylation sites (N-methyl/N-ethyl adjacent to an activating group) is 1. The molecular formula is C27H27Cl4N3O4S. The van der Waals surface area contributed by atoms with Gasteiger partial charge in [-0.25, -0.2) is 8.42 Å². The van der Waals surface area contributed by atoms with Crippen LogP contribution in [-0.4, -0.2) is 44.3 Å². The van der Waals surface area contributed by atoms with E-state index in [1.807, 2.05) is 0 Å². The summed E-state index contributed by atoms with van der Waals surface area (Å²) in [6.45, 7) is 3.23. The minimum Gasteiger partial charge on any atom is -0.355 e. The summed E-state index contributed by atoms with van der Waals surface area (Å²) in [6, 6.07) is 16.2. The van der Waals surface area contributed by atoms with E-state index in [-0.39, 0.29) is 44.5 Å². The van der Waals surface area contributed by atoms with Crippen molar-refractivity contribution in [1.29, 1.82) is 0 Å². The van der Waals surface area contributed by atoms with Gasteiger partial charge in [0.1, 0.15) is 12.6 Å². The minimum atomic E-state index is -4.27. The van der Waals surface area contributed by atoms with E-state index >= 15 is 0 Å². The lowest BCUT2D eigenvalue weighted by Gasteiger charge is -2.33. The number of nitrogens with one attached hydrogen (secondary N) is 1. The Labute approximate surface area is 248 Å². The molecule has 12 heteroatoms. The third-order valence-electron chi connectivity index (χ3n) is 5.88. The molecule has 3 aromatic rings. The average Bonchev–Trinajstić information content (AvgIpc) is 2.91. The number of halogens is 4. The molecule has 208 valence electrons. The van der Waals surface area contributed by atoms with Crippen molar-refractivity contribution in [2.45, 2.75) is 37.8 Å². The zero-order valence-corrected chi connectivity index (χ0v) is 25.0. The molecule has 0 spiro atoms. The summed E-state index contributed by atoms with van der Waals surface area (Å²) in [6.07, 6.45) is 0.280. The van der Waals surface area contributed by atoms with Crippen LogP contribution in [0.2, 0.25) is 20.1 Å². The van der Waals surface area contributed by atoms with E-state index in [1.54, 1.807) is 56.3 Å². The van der Waals surface area contributed by atoms with Crippen LogP contribution in [0.5, 0.6) is 0 Å². The quantitative estimate of drug-likeness (QED) is 0.264. The van der Waals surface area contributed by atoms with Crippen molar-refractivity contribution >= 4 is 73.9 Å². The Morgan fingerprint density at radius 1 is 0.872 bits per heavy atom. The molecular weight excluding hydrogens is 604 g/mol. The summed E-state index contributed by atoms with van der Waals surface area (Å²) < 4.78 is 28.5. The van der Waals surface area contributed by atoms with Gasteiger partial charge in [0.2, 0.25) is 11.8 Å². The Morgan fingerprint density at radius 3 is 2.18 bits per heavy atom. The van der Waals surface area contributed by atoms with Crippen LogP contribution < -0.4 is 9.62 Å². The zero-order chi connectivity index (χ0) is 28.7. The van der Waals surface area contributed by atoms with E-state index in [0.29, 0.717) is 17.1 Å². The smallest absolute Gasteiger partial charge is 0.264 e. The van der Waals surface area contributed by atoms with Gasteiger partial charge in [0.05, 0.1) is 30.7 Å². The number of sulfonamides is 1. The van der Waals surface area contributed by atoms with Crippen LogP contribution in [0.25, 0.3) is 0 Å². The first-order chi connectivity index (χ1) is 18.5. The van der Waals surface area contributed by atoms with Crippen LogP contribution in [-0.2, 0) is 26.2 Å². The lowest BCUT2D eigenvalue weighted by Crippen LogP contribution is -2.52. The van der Waals surface area contributed by atoms with E-state index in [9.17, 15) is 18.0 Å². The van der Waals surface area contributed by atoms with Crippen molar-refractivity contribution in [3.63, 3.8) is 0 Å². The molecule has 0 aliphatic carbocycles. The maximum atomic E-state index is 14.0. The Morgan fingerprint density at radius 2 is 1.56 bits per heavy atom. The van der Waals surface area contributed by atoms with Crippen LogP contribution in [0.4, 0.5) is 5.69 Å². The summed E-state index contributed by atoms with van der Waals surface area (Å²) in [4.78, 5) is 28.2. The maximum Gasteiger partial charge on any atom is 0.264 e. The highest BCUT2D eigenvalue weighted by Gasteiger charge is 2.34. The SMILES string of the molecule is CCNC(=O)[C@@H](CC)N(Cc1ccc(Cl)c(Cl)c1)C(=O)CN(c1cccc(Cl)c1Cl)S(=O)(=O)c1ccccc1. The summed E-state index contributed by atoms with van der Waals surface area (Å²) in [7, 11) is -4.27. The van der Waals surface area contributed by atoms with E-state index < -0.39 is 28.5 Å². The second kappa shape index (κ2) is 13.7. The summed E-state index contributed by atoms with van der Waals surface area (Å²) in [5.74, 6) is -0.999. The van der Waals surface area contributed by atoms with Crippen molar-refractivity contribution in [2.75, 3.05) is 17.4 Å². The van der Waals surface area contributed by atoms with Crippen LogP contribution in [0.1, 0.15) is 25.8 Å². The Bertz CT molecular complexity index is 1440. The van der Waals surface area contributed by atoms with Gasteiger partial charge in [-0.3, -0.25) is 13.9 Å². The summed E-state index contributed by atoms with van der Waals surface area (Å²) >= 11 is 24.9. The first-order valence-electron chi connectivity index (χ1n) is 12.0. The molecule has 0 aliphatic heterocycles. The fourth-order valence-electron chi connectivity index (χ4n) is 3.96. The van der Waals surface area contributed by atoms with Gasteiger partial charge < -0.3 is 10.2 Å². The summed E-state index contributed by atoms with van der Waals surface area (Å²) in [5.41, 5.74) is 0.640. The van der Waals surface area contributed by atoms with Gasteiger partial charge >= 0.3 is 0 Å². The van der Waals surface area contributed by atoms with Crippen LogP contribution in [0, 0.1) is 0 Å². The highest BCUT2D eigenvalue weighted by atomic mass is 35.5. The molecule has 0 heterocycles. The molecule has 0 aromatic heterocycles. The van der Waals surface area contributed by atoms with Gasteiger partial charge in [-0.1, -0.05) is 83.7 Å². The molecule has 3 aromatic carbocycles. The molecule has 3 rings (SSSR count). The third kappa shape index (κ3) is 7.38. The molecule has 0 aliphatic rings. The minimum absolute atomic E-state index is 0.0200. The van der Waals surface area contributed by atoms with E-state index in [0.717, 1.165) is 4.31 Å². The largest absolute Gasteiger partial charge is 0.355 e. The topological polar surface area (TPSA) is 86.8 Å². The molecule has 0 unspecified atom stereocenters. The third-order valence-corrected chi connectivity index (χ3v) is 9.21. The number of carbonyl (C=O) groups excluding carboxylic acids is 2.